The van der Waals surface area contributed by atoms with Gasteiger partial charge in [0.2, 0.25) is 0 Å². The first-order valence-electron chi connectivity index (χ1n) is 8.32. The van der Waals surface area contributed by atoms with Crippen LogP contribution >= 0.6 is 0 Å². The molecule has 0 fully saturated rings. The quantitative estimate of drug-likeness (QED) is 0.560. The zero-order valence-corrected chi connectivity index (χ0v) is 14.2. The van der Waals surface area contributed by atoms with Crippen LogP contribution in [0.5, 0.6) is 0 Å². The number of carboxylic acids is 1. The van der Waals surface area contributed by atoms with Crippen molar-refractivity contribution < 1.29 is 14.3 Å². The fraction of sp³-hybridized carbons (Fsp3) is 0.0909. The molecule has 4 aromatic rings. The molecule has 1 N–H and O–H groups in total. The van der Waals surface area contributed by atoms with Gasteiger partial charge in [-0.1, -0.05) is 36.4 Å². The highest BCUT2D eigenvalue weighted by Gasteiger charge is 2.18. The van der Waals surface area contributed by atoms with Gasteiger partial charge in [-0.3, -0.25) is 9.78 Å². The molecule has 0 spiro atoms. The molecule has 4 heteroatoms. The van der Waals surface area contributed by atoms with Crippen LogP contribution in [0.15, 0.2) is 60.8 Å². The molecular formula is C22H16FNO2. The standard InChI is InChI=1S/C22H16FNO2/c1-13-9-14-5-2-3-7-17(14)21(18(13)12-20(25)26)19-11-16(23)10-15-6-4-8-24-22(15)19/h2-11H,12H2,1H3,(H,25,26). The third kappa shape index (κ3) is 2.69. The van der Waals surface area contributed by atoms with Gasteiger partial charge in [-0.25, -0.2) is 4.39 Å². The van der Waals surface area contributed by atoms with Crippen LogP contribution < -0.4 is 0 Å². The van der Waals surface area contributed by atoms with Crippen LogP contribution in [-0.2, 0) is 11.2 Å². The molecule has 0 bridgehead atoms. The summed E-state index contributed by atoms with van der Waals surface area (Å²) in [5.41, 5.74) is 3.59. The lowest BCUT2D eigenvalue weighted by atomic mass is 9.87. The largest absolute Gasteiger partial charge is 0.481 e. The van der Waals surface area contributed by atoms with Crippen LogP contribution in [0.25, 0.3) is 32.8 Å². The molecule has 0 saturated heterocycles. The van der Waals surface area contributed by atoms with E-state index in [-0.39, 0.29) is 12.2 Å². The maximum Gasteiger partial charge on any atom is 0.307 e. The number of benzene rings is 3. The lowest BCUT2D eigenvalue weighted by Gasteiger charge is -2.17. The van der Waals surface area contributed by atoms with E-state index < -0.39 is 5.97 Å². The van der Waals surface area contributed by atoms with Gasteiger partial charge in [0.05, 0.1) is 11.9 Å². The molecule has 0 radical (unpaired) electrons. The zero-order chi connectivity index (χ0) is 18.3. The molecule has 3 aromatic carbocycles. The monoisotopic (exact) mass is 345 g/mol. The molecule has 128 valence electrons. The van der Waals surface area contributed by atoms with E-state index in [9.17, 15) is 14.3 Å². The summed E-state index contributed by atoms with van der Waals surface area (Å²) < 4.78 is 14.3. The maximum atomic E-state index is 14.3. The fourth-order valence-electron chi connectivity index (χ4n) is 3.56. The van der Waals surface area contributed by atoms with Gasteiger partial charge in [-0.05, 0) is 52.6 Å². The smallest absolute Gasteiger partial charge is 0.307 e. The summed E-state index contributed by atoms with van der Waals surface area (Å²) in [5.74, 6) is -1.29. The summed E-state index contributed by atoms with van der Waals surface area (Å²) in [6.07, 6.45) is 1.54. The van der Waals surface area contributed by atoms with Gasteiger partial charge in [0, 0.05) is 17.1 Å². The lowest BCUT2D eigenvalue weighted by molar-refractivity contribution is -0.136. The number of fused-ring (bicyclic) bond motifs is 2. The molecular weight excluding hydrogens is 329 g/mol. The van der Waals surface area contributed by atoms with Crippen LogP contribution in [0.3, 0.4) is 0 Å². The number of aromatic nitrogens is 1. The van der Waals surface area contributed by atoms with Crippen molar-refractivity contribution in [2.45, 2.75) is 13.3 Å². The second-order valence-electron chi connectivity index (χ2n) is 6.37. The normalized spacial score (nSPS) is 11.2. The van der Waals surface area contributed by atoms with Gasteiger partial charge in [-0.2, -0.15) is 0 Å². The first-order chi connectivity index (χ1) is 12.5. The molecule has 1 aromatic heterocycles. The highest BCUT2D eigenvalue weighted by Crippen LogP contribution is 2.38. The summed E-state index contributed by atoms with van der Waals surface area (Å²) in [7, 11) is 0. The Labute approximate surface area is 149 Å². The Morgan fingerprint density at radius 3 is 2.65 bits per heavy atom. The zero-order valence-electron chi connectivity index (χ0n) is 14.2. The Morgan fingerprint density at radius 1 is 1.08 bits per heavy atom. The van der Waals surface area contributed by atoms with Crippen molar-refractivity contribution in [2.75, 3.05) is 0 Å². The topological polar surface area (TPSA) is 50.2 Å². The first kappa shape index (κ1) is 16.2. The molecule has 0 atom stereocenters. The number of nitrogens with zero attached hydrogens (tertiary/aromatic N) is 1. The van der Waals surface area contributed by atoms with Crippen LogP contribution in [0.2, 0.25) is 0 Å². The average Bonchev–Trinajstić information content (AvgIpc) is 2.61. The second-order valence-corrected chi connectivity index (χ2v) is 6.37. The summed E-state index contributed by atoms with van der Waals surface area (Å²) in [5, 5.41) is 12.0. The van der Waals surface area contributed by atoms with E-state index in [4.69, 9.17) is 0 Å². The minimum atomic E-state index is -0.918. The number of carbonyl (C=O) groups is 1. The van der Waals surface area contributed by atoms with E-state index in [1.54, 1.807) is 12.3 Å². The minimum absolute atomic E-state index is 0.128. The van der Waals surface area contributed by atoms with Gasteiger partial charge < -0.3 is 5.11 Å². The summed E-state index contributed by atoms with van der Waals surface area (Å²) in [6, 6.07) is 16.2. The van der Waals surface area contributed by atoms with Crippen LogP contribution in [0, 0.1) is 12.7 Å². The molecule has 0 amide bonds. The minimum Gasteiger partial charge on any atom is -0.481 e. The molecule has 0 aliphatic carbocycles. The Morgan fingerprint density at radius 2 is 1.85 bits per heavy atom. The van der Waals surface area contributed by atoms with Crippen molar-refractivity contribution in [3.8, 4) is 11.1 Å². The summed E-state index contributed by atoms with van der Waals surface area (Å²) in [6.45, 7) is 1.89. The molecule has 0 aliphatic rings. The van der Waals surface area contributed by atoms with E-state index >= 15 is 0 Å². The molecule has 3 nitrogen and oxygen atoms in total. The third-order valence-corrected chi connectivity index (χ3v) is 4.65. The molecule has 0 saturated carbocycles. The van der Waals surface area contributed by atoms with Crippen LogP contribution in [-0.4, -0.2) is 16.1 Å². The maximum absolute atomic E-state index is 14.3. The van der Waals surface area contributed by atoms with Crippen molar-refractivity contribution in [3.05, 3.63) is 77.7 Å². The van der Waals surface area contributed by atoms with Crippen molar-refractivity contribution >= 4 is 27.6 Å². The Hall–Kier alpha value is -3.27. The van der Waals surface area contributed by atoms with Gasteiger partial charge >= 0.3 is 5.97 Å². The van der Waals surface area contributed by atoms with Crippen molar-refractivity contribution in [1.29, 1.82) is 0 Å². The number of rotatable bonds is 3. The Kier molecular flexibility index (Phi) is 3.88. The number of aliphatic carboxylic acids is 1. The number of pyridine rings is 1. The van der Waals surface area contributed by atoms with Gasteiger partial charge in [-0.15, -0.1) is 0 Å². The average molecular weight is 345 g/mol. The van der Waals surface area contributed by atoms with Crippen molar-refractivity contribution in [2.24, 2.45) is 0 Å². The van der Waals surface area contributed by atoms with Gasteiger partial charge in [0.25, 0.3) is 0 Å². The Bertz CT molecular complexity index is 1170. The van der Waals surface area contributed by atoms with Gasteiger partial charge in [0.15, 0.2) is 0 Å². The van der Waals surface area contributed by atoms with E-state index in [2.05, 4.69) is 4.98 Å². The predicted octanol–water partition coefficient (Wildman–Crippen LogP) is 5.13. The predicted molar refractivity (Wildman–Crippen MR) is 101 cm³/mol. The molecule has 4 rings (SSSR count). The van der Waals surface area contributed by atoms with Crippen molar-refractivity contribution in [1.82, 2.24) is 4.98 Å². The summed E-state index contributed by atoms with van der Waals surface area (Å²) in [4.78, 5) is 15.9. The van der Waals surface area contributed by atoms with Crippen molar-refractivity contribution in [3.63, 3.8) is 0 Å². The summed E-state index contributed by atoms with van der Waals surface area (Å²) >= 11 is 0. The molecule has 1 heterocycles. The van der Waals surface area contributed by atoms with Crippen LogP contribution in [0.1, 0.15) is 11.1 Å². The van der Waals surface area contributed by atoms with E-state index in [1.165, 1.54) is 12.1 Å². The van der Waals surface area contributed by atoms with E-state index in [1.807, 2.05) is 43.3 Å². The SMILES string of the molecule is Cc1cc2ccccc2c(-c2cc(F)cc3cccnc23)c1CC(=O)O. The lowest BCUT2D eigenvalue weighted by Crippen LogP contribution is -2.05. The second kappa shape index (κ2) is 6.23. The highest BCUT2D eigenvalue weighted by molar-refractivity contribution is 6.06. The molecule has 0 aliphatic heterocycles. The number of hydrogen-bond donors (Lipinski definition) is 1. The number of hydrogen-bond acceptors (Lipinski definition) is 2. The number of carboxylic acid groups (broad SMARTS) is 1. The Balaban J connectivity index is 2.19. The fourth-order valence-corrected chi connectivity index (χ4v) is 3.56. The highest BCUT2D eigenvalue weighted by atomic mass is 19.1. The first-order valence-corrected chi connectivity index (χ1v) is 8.32. The third-order valence-electron chi connectivity index (χ3n) is 4.65. The molecule has 0 unspecified atom stereocenters. The van der Waals surface area contributed by atoms with Crippen LogP contribution in [0.4, 0.5) is 4.39 Å². The van der Waals surface area contributed by atoms with Gasteiger partial charge in [0.1, 0.15) is 5.82 Å². The number of aryl methyl sites for hydroxylation is 1. The van der Waals surface area contributed by atoms with E-state index in [0.29, 0.717) is 22.0 Å². The molecule has 26 heavy (non-hydrogen) atoms. The van der Waals surface area contributed by atoms with E-state index in [0.717, 1.165) is 21.9 Å². The number of halogens is 1.